The lowest BCUT2D eigenvalue weighted by Crippen LogP contribution is -1.99. The van der Waals surface area contributed by atoms with Gasteiger partial charge in [-0.05, 0) is 19.1 Å². The van der Waals surface area contributed by atoms with Gasteiger partial charge in [0, 0.05) is 18.2 Å². The zero-order chi connectivity index (χ0) is 13.9. The van der Waals surface area contributed by atoms with Crippen LogP contribution in [0.25, 0.3) is 11.3 Å². The molecule has 5 heteroatoms. The van der Waals surface area contributed by atoms with Crippen LogP contribution in [0.2, 0.25) is 0 Å². The van der Waals surface area contributed by atoms with E-state index in [9.17, 15) is 0 Å². The number of nitrogens with zero attached hydrogens (tertiary/aromatic N) is 2. The zero-order valence-electron chi connectivity index (χ0n) is 11.5. The maximum absolute atomic E-state index is 5.22. The standard InChI is InChI=1S/C15H16N4O/c1-10-16-7-14(18-10)8-17-13-5-3-12(4-6-13)15-9-20-11(2)19-15/h3-7,9,17H,8H2,1-2H3,(H,16,18). The van der Waals surface area contributed by atoms with Crippen molar-refractivity contribution < 1.29 is 4.42 Å². The number of H-pyrrole nitrogens is 1. The molecule has 5 nitrogen and oxygen atoms in total. The number of imidazole rings is 1. The molecule has 0 aliphatic heterocycles. The Morgan fingerprint density at radius 1 is 1.20 bits per heavy atom. The number of hydrogen-bond acceptors (Lipinski definition) is 4. The van der Waals surface area contributed by atoms with E-state index in [4.69, 9.17) is 4.42 Å². The van der Waals surface area contributed by atoms with Crippen molar-refractivity contribution in [2.75, 3.05) is 5.32 Å². The molecule has 0 unspecified atom stereocenters. The van der Waals surface area contributed by atoms with Gasteiger partial charge in [0.25, 0.3) is 0 Å². The van der Waals surface area contributed by atoms with E-state index < -0.39 is 0 Å². The summed E-state index contributed by atoms with van der Waals surface area (Å²) in [4.78, 5) is 11.7. The summed E-state index contributed by atoms with van der Waals surface area (Å²) in [6.45, 7) is 4.51. The lowest BCUT2D eigenvalue weighted by atomic mass is 10.1. The number of benzene rings is 1. The fourth-order valence-electron chi connectivity index (χ4n) is 2.01. The van der Waals surface area contributed by atoms with Gasteiger partial charge >= 0.3 is 0 Å². The van der Waals surface area contributed by atoms with E-state index in [1.165, 1.54) is 0 Å². The van der Waals surface area contributed by atoms with E-state index >= 15 is 0 Å². The second-order valence-electron chi connectivity index (χ2n) is 4.68. The van der Waals surface area contributed by atoms with Crippen LogP contribution in [-0.4, -0.2) is 15.0 Å². The minimum absolute atomic E-state index is 0.678. The van der Waals surface area contributed by atoms with Gasteiger partial charge in [0.05, 0.1) is 18.4 Å². The van der Waals surface area contributed by atoms with Gasteiger partial charge in [0.2, 0.25) is 0 Å². The van der Waals surface area contributed by atoms with Gasteiger partial charge in [-0.1, -0.05) is 12.1 Å². The number of nitrogens with one attached hydrogen (secondary N) is 2. The molecule has 0 atom stereocenters. The molecule has 20 heavy (non-hydrogen) atoms. The van der Waals surface area contributed by atoms with Crippen LogP contribution in [0.1, 0.15) is 17.4 Å². The number of hydrogen-bond donors (Lipinski definition) is 2. The van der Waals surface area contributed by atoms with E-state index in [-0.39, 0.29) is 0 Å². The number of rotatable bonds is 4. The highest BCUT2D eigenvalue weighted by Crippen LogP contribution is 2.20. The Labute approximate surface area is 117 Å². The third-order valence-electron chi connectivity index (χ3n) is 3.04. The fraction of sp³-hybridized carbons (Fsp3) is 0.200. The van der Waals surface area contributed by atoms with Gasteiger partial charge in [0.1, 0.15) is 17.8 Å². The number of aromatic amines is 1. The molecule has 3 aromatic rings. The van der Waals surface area contributed by atoms with Crippen molar-refractivity contribution >= 4 is 5.69 Å². The number of aromatic nitrogens is 3. The van der Waals surface area contributed by atoms with E-state index in [0.717, 1.165) is 35.0 Å². The molecule has 0 radical (unpaired) electrons. The summed E-state index contributed by atoms with van der Waals surface area (Å²) < 4.78 is 5.22. The number of aryl methyl sites for hydroxylation is 2. The molecule has 0 bridgehead atoms. The van der Waals surface area contributed by atoms with E-state index in [1.54, 1.807) is 6.26 Å². The lowest BCUT2D eigenvalue weighted by molar-refractivity contribution is 0.521. The van der Waals surface area contributed by atoms with Crippen LogP contribution in [-0.2, 0) is 6.54 Å². The van der Waals surface area contributed by atoms with Crippen LogP contribution in [0.5, 0.6) is 0 Å². The SMILES string of the molecule is Cc1ncc(CNc2ccc(-c3coc(C)n3)cc2)[nH]1. The molecule has 0 spiro atoms. The van der Waals surface area contributed by atoms with Crippen LogP contribution >= 0.6 is 0 Å². The first-order valence-corrected chi connectivity index (χ1v) is 6.47. The Kier molecular flexibility index (Phi) is 3.25. The fourth-order valence-corrected chi connectivity index (χ4v) is 2.01. The molecule has 2 heterocycles. The monoisotopic (exact) mass is 268 g/mol. The molecule has 0 saturated carbocycles. The molecular formula is C15H16N4O. The molecule has 2 aromatic heterocycles. The molecule has 0 saturated heterocycles. The summed E-state index contributed by atoms with van der Waals surface area (Å²) in [7, 11) is 0. The second kappa shape index (κ2) is 5.21. The van der Waals surface area contributed by atoms with Crippen molar-refractivity contribution in [3.8, 4) is 11.3 Å². The van der Waals surface area contributed by atoms with Crippen LogP contribution in [0.4, 0.5) is 5.69 Å². The predicted octanol–water partition coefficient (Wildman–Crippen LogP) is 3.29. The molecule has 0 aliphatic rings. The van der Waals surface area contributed by atoms with Crippen LogP contribution in [0, 0.1) is 13.8 Å². The number of oxazole rings is 1. The first kappa shape index (κ1) is 12.5. The minimum Gasteiger partial charge on any atom is -0.449 e. The smallest absolute Gasteiger partial charge is 0.191 e. The summed E-state index contributed by atoms with van der Waals surface area (Å²) >= 11 is 0. The molecule has 3 rings (SSSR count). The highest BCUT2D eigenvalue weighted by atomic mass is 16.3. The van der Waals surface area contributed by atoms with Gasteiger partial charge in [0.15, 0.2) is 5.89 Å². The Hall–Kier alpha value is -2.56. The average molecular weight is 268 g/mol. The topological polar surface area (TPSA) is 66.7 Å². The van der Waals surface area contributed by atoms with Gasteiger partial charge in [-0.25, -0.2) is 9.97 Å². The average Bonchev–Trinajstić information content (AvgIpc) is 3.06. The van der Waals surface area contributed by atoms with E-state index in [0.29, 0.717) is 5.89 Å². The molecule has 102 valence electrons. The normalized spacial score (nSPS) is 10.7. The third kappa shape index (κ3) is 2.71. The minimum atomic E-state index is 0.678. The molecule has 0 aliphatic carbocycles. The van der Waals surface area contributed by atoms with Crippen molar-refractivity contribution in [2.45, 2.75) is 20.4 Å². The number of anilines is 1. The van der Waals surface area contributed by atoms with Crippen LogP contribution in [0.15, 0.2) is 41.1 Å². The summed E-state index contributed by atoms with van der Waals surface area (Å²) in [5.74, 6) is 1.61. The Morgan fingerprint density at radius 2 is 2.00 bits per heavy atom. The molecule has 2 N–H and O–H groups in total. The Morgan fingerprint density at radius 3 is 2.60 bits per heavy atom. The second-order valence-corrected chi connectivity index (χ2v) is 4.68. The van der Waals surface area contributed by atoms with Gasteiger partial charge in [-0.15, -0.1) is 0 Å². The van der Waals surface area contributed by atoms with E-state index in [2.05, 4.69) is 20.3 Å². The van der Waals surface area contributed by atoms with Gasteiger partial charge < -0.3 is 14.7 Å². The summed E-state index contributed by atoms with van der Waals surface area (Å²) in [6.07, 6.45) is 3.51. The molecule has 0 fully saturated rings. The summed E-state index contributed by atoms with van der Waals surface area (Å²) in [6, 6.07) is 8.11. The Bertz CT molecular complexity index is 697. The first-order valence-electron chi connectivity index (χ1n) is 6.47. The van der Waals surface area contributed by atoms with Crippen molar-refractivity contribution in [3.05, 3.63) is 54.1 Å². The summed E-state index contributed by atoms with van der Waals surface area (Å²) in [5.41, 5.74) is 4.03. The first-order chi connectivity index (χ1) is 9.70. The van der Waals surface area contributed by atoms with Gasteiger partial charge in [-0.2, -0.15) is 0 Å². The largest absolute Gasteiger partial charge is 0.449 e. The van der Waals surface area contributed by atoms with Crippen LogP contribution in [0.3, 0.4) is 0 Å². The maximum Gasteiger partial charge on any atom is 0.191 e. The van der Waals surface area contributed by atoms with Crippen molar-refractivity contribution in [3.63, 3.8) is 0 Å². The van der Waals surface area contributed by atoms with Crippen molar-refractivity contribution in [1.82, 2.24) is 15.0 Å². The highest BCUT2D eigenvalue weighted by molar-refractivity contribution is 5.61. The van der Waals surface area contributed by atoms with E-state index in [1.807, 2.05) is 44.3 Å². The lowest BCUT2D eigenvalue weighted by Gasteiger charge is -2.05. The van der Waals surface area contributed by atoms with Crippen molar-refractivity contribution in [1.29, 1.82) is 0 Å². The predicted molar refractivity (Wildman–Crippen MR) is 77.3 cm³/mol. The quantitative estimate of drug-likeness (QED) is 0.762. The van der Waals surface area contributed by atoms with Gasteiger partial charge in [-0.3, -0.25) is 0 Å². The van der Waals surface area contributed by atoms with Crippen LogP contribution < -0.4 is 5.32 Å². The maximum atomic E-state index is 5.22. The third-order valence-corrected chi connectivity index (χ3v) is 3.04. The highest BCUT2D eigenvalue weighted by Gasteiger charge is 2.03. The van der Waals surface area contributed by atoms with Crippen molar-refractivity contribution in [2.24, 2.45) is 0 Å². The molecule has 0 amide bonds. The molecular weight excluding hydrogens is 252 g/mol. The Balaban J connectivity index is 1.67. The summed E-state index contributed by atoms with van der Waals surface area (Å²) in [5, 5.41) is 3.34. The molecule has 1 aromatic carbocycles. The zero-order valence-corrected chi connectivity index (χ0v) is 11.5.